The number of rotatable bonds is 6. The third-order valence-corrected chi connectivity index (χ3v) is 4.81. The summed E-state index contributed by atoms with van der Waals surface area (Å²) in [4.78, 5) is 16.5. The molecule has 2 rings (SSSR count). The molecule has 8 heteroatoms. The van der Waals surface area contributed by atoms with Crippen LogP contribution in [0.2, 0.25) is 0 Å². The Morgan fingerprint density at radius 1 is 1.28 bits per heavy atom. The number of nitrogens with zero attached hydrogens (tertiary/aromatic N) is 6. The molecular formula is C17H28N6O2. The highest BCUT2D eigenvalue weighted by Gasteiger charge is 2.35. The van der Waals surface area contributed by atoms with Crippen LogP contribution in [0.15, 0.2) is 6.20 Å². The number of hydrogen-bond acceptors (Lipinski definition) is 6. The fraction of sp³-hybridized carbons (Fsp3) is 0.765. The van der Waals surface area contributed by atoms with Gasteiger partial charge in [-0.1, -0.05) is 5.21 Å². The quantitative estimate of drug-likeness (QED) is 0.808. The number of nitriles is 1. The highest BCUT2D eigenvalue weighted by molar-refractivity contribution is 5.77. The molecular weight excluding hydrogens is 320 g/mol. The summed E-state index contributed by atoms with van der Waals surface area (Å²) >= 11 is 0. The lowest BCUT2D eigenvalue weighted by atomic mass is 9.90. The average Bonchev–Trinajstić information content (AvgIpc) is 3.04. The first kappa shape index (κ1) is 19.3. The summed E-state index contributed by atoms with van der Waals surface area (Å²) in [6, 6.07) is 2.19. The third-order valence-electron chi connectivity index (χ3n) is 4.81. The van der Waals surface area contributed by atoms with Crippen LogP contribution in [0, 0.1) is 16.7 Å². The Kier molecular flexibility index (Phi) is 5.80. The zero-order valence-corrected chi connectivity index (χ0v) is 15.6. The van der Waals surface area contributed by atoms with Crippen LogP contribution in [0.1, 0.15) is 39.8 Å². The second-order valence-corrected chi connectivity index (χ2v) is 7.69. The van der Waals surface area contributed by atoms with Gasteiger partial charge in [0.25, 0.3) is 0 Å². The Labute approximate surface area is 149 Å². The van der Waals surface area contributed by atoms with Crippen molar-refractivity contribution in [2.45, 2.75) is 46.2 Å². The molecule has 1 fully saturated rings. The summed E-state index contributed by atoms with van der Waals surface area (Å²) in [5, 5.41) is 26.4. The Hall–Kier alpha value is -1.98. The summed E-state index contributed by atoms with van der Waals surface area (Å²) < 4.78 is 1.64. The van der Waals surface area contributed by atoms with E-state index in [0.29, 0.717) is 19.6 Å². The first-order valence-corrected chi connectivity index (χ1v) is 8.65. The summed E-state index contributed by atoms with van der Waals surface area (Å²) in [5.41, 5.74) is -0.0701. The molecule has 0 aromatic carbocycles. The van der Waals surface area contributed by atoms with E-state index in [1.54, 1.807) is 18.5 Å². The third kappa shape index (κ3) is 4.55. The van der Waals surface area contributed by atoms with E-state index >= 15 is 0 Å². The first-order chi connectivity index (χ1) is 11.7. The van der Waals surface area contributed by atoms with Crippen LogP contribution in [0.25, 0.3) is 0 Å². The van der Waals surface area contributed by atoms with E-state index in [1.165, 1.54) is 0 Å². The molecule has 1 aromatic rings. The van der Waals surface area contributed by atoms with E-state index in [9.17, 15) is 4.79 Å². The second-order valence-electron chi connectivity index (χ2n) is 7.69. The zero-order chi connectivity index (χ0) is 18.7. The smallest absolute Gasteiger partial charge is 0.224 e. The number of aliphatic hydroxyl groups excluding tert-OH is 1. The van der Waals surface area contributed by atoms with E-state index < -0.39 is 5.41 Å². The lowest BCUT2D eigenvalue weighted by molar-refractivity contribution is -0.135. The van der Waals surface area contributed by atoms with Crippen molar-refractivity contribution in [2.24, 2.45) is 5.41 Å². The minimum Gasteiger partial charge on any atom is -0.394 e. The lowest BCUT2D eigenvalue weighted by Gasteiger charge is -2.43. The van der Waals surface area contributed by atoms with E-state index in [4.69, 9.17) is 10.4 Å². The summed E-state index contributed by atoms with van der Waals surface area (Å²) in [5.74, 6) is 0.0397. The van der Waals surface area contributed by atoms with Gasteiger partial charge < -0.3 is 10.0 Å². The lowest BCUT2D eigenvalue weighted by Crippen LogP contribution is -2.55. The Morgan fingerprint density at radius 2 is 1.92 bits per heavy atom. The molecule has 1 N–H and O–H groups in total. The van der Waals surface area contributed by atoms with Crippen molar-refractivity contribution in [3.05, 3.63) is 11.9 Å². The van der Waals surface area contributed by atoms with Gasteiger partial charge in [-0.2, -0.15) is 5.26 Å². The van der Waals surface area contributed by atoms with Crippen LogP contribution in [-0.2, 0) is 16.9 Å². The van der Waals surface area contributed by atoms with Gasteiger partial charge in [0, 0.05) is 32.6 Å². The predicted octanol–water partition coefficient (Wildman–Crippen LogP) is 0.590. The molecule has 138 valence electrons. The van der Waals surface area contributed by atoms with Crippen LogP contribution in [0.3, 0.4) is 0 Å². The molecule has 2 heterocycles. The Morgan fingerprint density at radius 3 is 2.48 bits per heavy atom. The highest BCUT2D eigenvalue weighted by Crippen LogP contribution is 2.28. The maximum Gasteiger partial charge on any atom is 0.224 e. The van der Waals surface area contributed by atoms with Crippen LogP contribution in [-0.4, -0.2) is 68.6 Å². The maximum absolute atomic E-state index is 12.4. The number of carbonyl (C=O) groups excluding carboxylic acids is 1. The number of amides is 1. The van der Waals surface area contributed by atoms with Crippen molar-refractivity contribution in [3.63, 3.8) is 0 Å². The van der Waals surface area contributed by atoms with Gasteiger partial charge in [-0.05, 0) is 27.7 Å². The minimum absolute atomic E-state index is 0.0308. The number of piperazine rings is 1. The molecule has 1 aliphatic heterocycles. The number of carbonyl (C=O) groups is 1. The number of hydrogen-bond donors (Lipinski definition) is 1. The molecule has 0 radical (unpaired) electrons. The molecule has 0 atom stereocenters. The summed E-state index contributed by atoms with van der Waals surface area (Å²) in [7, 11) is 0. The largest absolute Gasteiger partial charge is 0.394 e. The molecule has 0 spiro atoms. The van der Waals surface area contributed by atoms with Gasteiger partial charge in [-0.15, -0.1) is 5.10 Å². The predicted molar refractivity (Wildman–Crippen MR) is 92.3 cm³/mol. The average molecular weight is 348 g/mol. The molecule has 0 unspecified atom stereocenters. The van der Waals surface area contributed by atoms with Crippen LogP contribution < -0.4 is 0 Å². The van der Waals surface area contributed by atoms with Crippen molar-refractivity contribution >= 4 is 5.91 Å². The minimum atomic E-state index is -0.626. The van der Waals surface area contributed by atoms with E-state index in [2.05, 4.69) is 35.1 Å². The monoisotopic (exact) mass is 348 g/mol. The second kappa shape index (κ2) is 7.50. The van der Waals surface area contributed by atoms with Gasteiger partial charge in [0.15, 0.2) is 0 Å². The Balaban J connectivity index is 1.96. The van der Waals surface area contributed by atoms with Crippen molar-refractivity contribution < 1.29 is 9.90 Å². The first-order valence-electron chi connectivity index (χ1n) is 8.65. The van der Waals surface area contributed by atoms with Gasteiger partial charge in [-0.25, -0.2) is 4.68 Å². The maximum atomic E-state index is 12.4. The van der Waals surface area contributed by atoms with Crippen LogP contribution in [0.5, 0.6) is 0 Å². The van der Waals surface area contributed by atoms with Crippen LogP contribution in [0.4, 0.5) is 0 Å². The van der Waals surface area contributed by atoms with Crippen LogP contribution >= 0.6 is 0 Å². The fourth-order valence-corrected chi connectivity index (χ4v) is 3.00. The van der Waals surface area contributed by atoms with Gasteiger partial charge >= 0.3 is 0 Å². The fourth-order valence-electron chi connectivity index (χ4n) is 3.00. The molecule has 25 heavy (non-hydrogen) atoms. The number of aliphatic hydroxyl groups is 1. The van der Waals surface area contributed by atoms with E-state index in [0.717, 1.165) is 18.8 Å². The van der Waals surface area contributed by atoms with Crippen molar-refractivity contribution in [3.8, 4) is 6.07 Å². The standard InChI is InChI=1S/C17H28N6O2/c1-16(2,13-18)11-15(25)21-5-7-22(8-6-21)17(3,4)14-12-23(9-10-24)20-19-14/h12,24H,5-11H2,1-4H3. The van der Waals surface area contributed by atoms with Gasteiger partial charge in [0.2, 0.25) is 5.91 Å². The number of aromatic nitrogens is 3. The summed E-state index contributed by atoms with van der Waals surface area (Å²) in [6.07, 6.45) is 2.12. The zero-order valence-electron chi connectivity index (χ0n) is 15.6. The molecule has 1 amide bonds. The molecule has 1 aliphatic rings. The topological polar surface area (TPSA) is 98.3 Å². The van der Waals surface area contributed by atoms with Crippen molar-refractivity contribution in [1.29, 1.82) is 5.26 Å². The van der Waals surface area contributed by atoms with Crippen molar-refractivity contribution in [2.75, 3.05) is 32.8 Å². The van der Waals surface area contributed by atoms with Gasteiger partial charge in [0.05, 0.1) is 36.4 Å². The highest BCUT2D eigenvalue weighted by atomic mass is 16.3. The molecule has 8 nitrogen and oxygen atoms in total. The SMILES string of the molecule is CC(C)(C#N)CC(=O)N1CCN(C(C)(C)c2cn(CCO)nn2)CC1. The normalized spacial score (nSPS) is 16.7. The van der Waals surface area contributed by atoms with Gasteiger partial charge in [0.1, 0.15) is 5.69 Å². The molecule has 1 saturated heterocycles. The van der Waals surface area contributed by atoms with Gasteiger partial charge in [-0.3, -0.25) is 9.69 Å². The van der Waals surface area contributed by atoms with E-state index in [1.807, 2.05) is 11.1 Å². The molecule has 0 bridgehead atoms. The summed E-state index contributed by atoms with van der Waals surface area (Å²) in [6.45, 7) is 11.0. The molecule has 0 aliphatic carbocycles. The van der Waals surface area contributed by atoms with E-state index in [-0.39, 0.29) is 24.5 Å². The Bertz CT molecular complexity index is 638. The molecule has 0 saturated carbocycles. The van der Waals surface area contributed by atoms with Crippen molar-refractivity contribution in [1.82, 2.24) is 24.8 Å². The molecule has 1 aromatic heterocycles.